The number of hydrogen-bond acceptors (Lipinski definition) is 3. The summed E-state index contributed by atoms with van der Waals surface area (Å²) in [6, 6.07) is 0. The summed E-state index contributed by atoms with van der Waals surface area (Å²) in [6.45, 7) is 2.03. The molecular formula is C7H13NO3. The van der Waals surface area contributed by atoms with Gasteiger partial charge in [-0.15, -0.1) is 0 Å². The van der Waals surface area contributed by atoms with E-state index in [9.17, 15) is 4.79 Å². The molecular weight excluding hydrogens is 146 g/mol. The minimum absolute atomic E-state index is 0.723. The van der Waals surface area contributed by atoms with Crippen LogP contribution in [0, 0.1) is 0 Å². The number of carboxylic acids is 1. The molecule has 11 heavy (non-hydrogen) atoms. The fourth-order valence-electron chi connectivity index (χ4n) is 0.534. The van der Waals surface area contributed by atoms with E-state index in [2.05, 4.69) is 4.99 Å². The molecule has 0 aromatic heterocycles. The molecule has 0 bridgehead atoms. The Morgan fingerprint density at radius 2 is 2.36 bits per heavy atom. The maximum atomic E-state index is 10.00. The third kappa shape index (κ3) is 5.54. The second-order valence-corrected chi connectivity index (χ2v) is 2.19. The first-order valence-electron chi connectivity index (χ1n) is 3.61. The Kier molecular flexibility index (Phi) is 5.37. The Bertz CT molecular complexity index is 145. The summed E-state index contributed by atoms with van der Waals surface area (Å²) in [5, 5.41) is 16.8. The van der Waals surface area contributed by atoms with Gasteiger partial charge in [0.15, 0.2) is 0 Å². The normalized spacial score (nSPS) is 13.6. The van der Waals surface area contributed by atoms with Crippen molar-refractivity contribution in [2.45, 2.75) is 32.4 Å². The van der Waals surface area contributed by atoms with E-state index in [1.165, 1.54) is 6.21 Å². The molecule has 0 amide bonds. The van der Waals surface area contributed by atoms with Gasteiger partial charge in [0.05, 0.1) is 0 Å². The average molecular weight is 159 g/mol. The number of carbonyl (C=O) groups is 1. The third-order valence-corrected chi connectivity index (χ3v) is 1.15. The Morgan fingerprint density at radius 1 is 1.73 bits per heavy atom. The van der Waals surface area contributed by atoms with Crippen LogP contribution in [0.25, 0.3) is 0 Å². The number of aliphatic hydroxyl groups excluding tert-OH is 1. The first kappa shape index (κ1) is 10.1. The first-order valence-corrected chi connectivity index (χ1v) is 3.61. The maximum absolute atomic E-state index is 10.00. The van der Waals surface area contributed by atoms with Gasteiger partial charge in [-0.2, -0.15) is 0 Å². The Morgan fingerprint density at radius 3 is 2.82 bits per heavy atom. The molecule has 4 nitrogen and oxygen atoms in total. The van der Waals surface area contributed by atoms with Crippen molar-refractivity contribution in [3.8, 4) is 0 Å². The maximum Gasteiger partial charge on any atom is 0.355 e. The number of aliphatic hydroxyl groups is 1. The van der Waals surface area contributed by atoms with Gasteiger partial charge in [-0.05, 0) is 12.8 Å². The molecule has 0 heterocycles. The molecule has 64 valence electrons. The molecule has 0 spiro atoms. The van der Waals surface area contributed by atoms with Crippen LogP contribution in [0.15, 0.2) is 4.99 Å². The minimum Gasteiger partial charge on any atom is -0.478 e. The number of hydrogen-bond donors (Lipinski definition) is 2. The summed E-state index contributed by atoms with van der Waals surface area (Å²) in [6.07, 6.45) is 2.58. The second-order valence-electron chi connectivity index (χ2n) is 2.19. The molecule has 0 aromatic rings. The molecule has 4 heteroatoms. The van der Waals surface area contributed by atoms with Gasteiger partial charge < -0.3 is 10.2 Å². The van der Waals surface area contributed by atoms with E-state index in [0.717, 1.165) is 19.3 Å². The van der Waals surface area contributed by atoms with E-state index >= 15 is 0 Å². The zero-order chi connectivity index (χ0) is 8.69. The molecule has 0 aliphatic heterocycles. The largest absolute Gasteiger partial charge is 0.478 e. The van der Waals surface area contributed by atoms with Crippen molar-refractivity contribution in [2.24, 2.45) is 4.99 Å². The highest BCUT2D eigenvalue weighted by molar-refractivity contribution is 5.74. The van der Waals surface area contributed by atoms with E-state index in [4.69, 9.17) is 10.2 Å². The van der Waals surface area contributed by atoms with Crippen LogP contribution in [0.1, 0.15) is 26.2 Å². The van der Waals surface area contributed by atoms with Crippen LogP contribution in [0.4, 0.5) is 0 Å². The van der Waals surface area contributed by atoms with Gasteiger partial charge in [0.2, 0.25) is 6.23 Å². The van der Waals surface area contributed by atoms with Crippen LogP contribution in [0.2, 0.25) is 0 Å². The van der Waals surface area contributed by atoms with Gasteiger partial charge in [-0.3, -0.25) is 4.99 Å². The smallest absolute Gasteiger partial charge is 0.355 e. The Hall–Kier alpha value is -0.900. The summed E-state index contributed by atoms with van der Waals surface area (Å²) in [5.41, 5.74) is 0. The highest BCUT2D eigenvalue weighted by Crippen LogP contribution is 1.91. The Labute approximate surface area is 65.6 Å². The predicted octanol–water partition coefficient (Wildman–Crippen LogP) is 0.650. The number of nitrogens with zero attached hydrogens (tertiary/aromatic N) is 1. The molecule has 0 rings (SSSR count). The van der Waals surface area contributed by atoms with Crippen molar-refractivity contribution in [1.82, 2.24) is 0 Å². The fraction of sp³-hybridized carbons (Fsp3) is 0.714. The summed E-state index contributed by atoms with van der Waals surface area (Å²) >= 11 is 0. The zero-order valence-electron chi connectivity index (χ0n) is 6.53. The van der Waals surface area contributed by atoms with Crippen LogP contribution < -0.4 is 0 Å². The molecule has 0 fully saturated rings. The summed E-state index contributed by atoms with van der Waals surface area (Å²) in [7, 11) is 0. The number of carboxylic acid groups (broad SMARTS) is 1. The van der Waals surface area contributed by atoms with Crippen LogP contribution >= 0.6 is 0 Å². The van der Waals surface area contributed by atoms with Gasteiger partial charge >= 0.3 is 5.97 Å². The predicted molar refractivity (Wildman–Crippen MR) is 41.7 cm³/mol. The molecule has 1 unspecified atom stereocenters. The lowest BCUT2D eigenvalue weighted by molar-refractivity contribution is -0.146. The van der Waals surface area contributed by atoms with E-state index < -0.39 is 12.2 Å². The fourth-order valence-corrected chi connectivity index (χ4v) is 0.534. The SMILES string of the molecule is CCCCC=NC(O)C(=O)O. The molecule has 0 saturated heterocycles. The highest BCUT2D eigenvalue weighted by atomic mass is 16.4. The monoisotopic (exact) mass is 159 g/mol. The van der Waals surface area contributed by atoms with Gasteiger partial charge in [0, 0.05) is 6.21 Å². The molecule has 2 N–H and O–H groups in total. The van der Waals surface area contributed by atoms with E-state index in [1.807, 2.05) is 6.92 Å². The third-order valence-electron chi connectivity index (χ3n) is 1.15. The van der Waals surface area contributed by atoms with E-state index in [0.29, 0.717) is 0 Å². The van der Waals surface area contributed by atoms with E-state index in [-0.39, 0.29) is 0 Å². The quantitative estimate of drug-likeness (QED) is 0.457. The lowest BCUT2D eigenvalue weighted by atomic mass is 10.3. The Balaban J connectivity index is 3.48. The highest BCUT2D eigenvalue weighted by Gasteiger charge is 2.07. The summed E-state index contributed by atoms with van der Waals surface area (Å²) in [5.74, 6) is -1.31. The standard InChI is InChI=1S/C7H13NO3/c1-2-3-4-5-8-6(9)7(10)11/h5-6,9H,2-4H2,1H3,(H,10,11). The molecule has 0 saturated carbocycles. The lowest BCUT2D eigenvalue weighted by Gasteiger charge is -1.95. The van der Waals surface area contributed by atoms with Gasteiger partial charge in [0.1, 0.15) is 0 Å². The van der Waals surface area contributed by atoms with Gasteiger partial charge in [0.25, 0.3) is 0 Å². The van der Waals surface area contributed by atoms with Crippen molar-refractivity contribution in [3.05, 3.63) is 0 Å². The van der Waals surface area contributed by atoms with Crippen LogP contribution in [-0.4, -0.2) is 28.6 Å². The second kappa shape index (κ2) is 5.85. The first-order chi connectivity index (χ1) is 5.18. The average Bonchev–Trinajstić information content (AvgIpc) is 1.97. The van der Waals surface area contributed by atoms with Crippen LogP contribution in [-0.2, 0) is 4.79 Å². The zero-order valence-corrected chi connectivity index (χ0v) is 6.53. The van der Waals surface area contributed by atoms with Crippen molar-refractivity contribution in [3.63, 3.8) is 0 Å². The van der Waals surface area contributed by atoms with Gasteiger partial charge in [-0.25, -0.2) is 4.79 Å². The van der Waals surface area contributed by atoms with Crippen molar-refractivity contribution in [1.29, 1.82) is 0 Å². The number of aliphatic imine (C=N–C) groups is 1. The topological polar surface area (TPSA) is 69.9 Å². The van der Waals surface area contributed by atoms with Crippen molar-refractivity contribution >= 4 is 12.2 Å². The molecule has 0 aliphatic carbocycles. The molecule has 1 atom stereocenters. The molecule has 0 aliphatic rings. The molecule has 0 radical (unpaired) electrons. The number of aliphatic carboxylic acids is 1. The van der Waals surface area contributed by atoms with Crippen molar-refractivity contribution in [2.75, 3.05) is 0 Å². The van der Waals surface area contributed by atoms with Crippen LogP contribution in [0.3, 0.4) is 0 Å². The minimum atomic E-state index is -1.59. The summed E-state index contributed by atoms with van der Waals surface area (Å²) in [4.78, 5) is 13.4. The van der Waals surface area contributed by atoms with E-state index in [1.54, 1.807) is 0 Å². The molecule has 0 aromatic carbocycles. The van der Waals surface area contributed by atoms with Gasteiger partial charge in [-0.1, -0.05) is 13.3 Å². The van der Waals surface area contributed by atoms with Crippen LogP contribution in [0.5, 0.6) is 0 Å². The number of unbranched alkanes of at least 4 members (excludes halogenated alkanes) is 2. The lowest BCUT2D eigenvalue weighted by Crippen LogP contribution is -2.16. The number of rotatable bonds is 5. The summed E-state index contributed by atoms with van der Waals surface area (Å²) < 4.78 is 0. The van der Waals surface area contributed by atoms with Crippen molar-refractivity contribution < 1.29 is 15.0 Å².